The third kappa shape index (κ3) is 11.7. The molecule has 0 bridgehead atoms. The second-order valence-corrected chi connectivity index (χ2v) is 11.6. The van der Waals surface area contributed by atoms with E-state index < -0.39 is 30.8 Å². The van der Waals surface area contributed by atoms with Crippen LogP contribution in [0.3, 0.4) is 0 Å². The van der Waals surface area contributed by atoms with E-state index in [-0.39, 0.29) is 19.0 Å². The summed E-state index contributed by atoms with van der Waals surface area (Å²) < 4.78 is 21.5. The number of hydrogen-bond donors (Lipinski definition) is 2. The molecule has 0 aromatic heterocycles. The minimum atomic E-state index is -1.07. The van der Waals surface area contributed by atoms with Gasteiger partial charge in [-0.05, 0) is 79.8 Å². The molecule has 8 heteroatoms. The zero-order chi connectivity index (χ0) is 33.4. The van der Waals surface area contributed by atoms with Crippen LogP contribution in [0.4, 0.5) is 0 Å². The van der Waals surface area contributed by atoms with Crippen LogP contribution in [-0.2, 0) is 25.5 Å². The van der Waals surface area contributed by atoms with Crippen LogP contribution in [0.25, 0.3) is 11.1 Å². The Morgan fingerprint density at radius 2 is 1.33 bits per heavy atom. The molecule has 0 aliphatic heterocycles. The molecule has 0 heterocycles. The van der Waals surface area contributed by atoms with Crippen molar-refractivity contribution in [3.63, 3.8) is 0 Å². The van der Waals surface area contributed by atoms with Gasteiger partial charge in [0.05, 0.1) is 24.2 Å². The van der Waals surface area contributed by atoms with Crippen molar-refractivity contribution in [3.05, 3.63) is 95.6 Å². The molecule has 0 aliphatic carbocycles. The van der Waals surface area contributed by atoms with Gasteiger partial charge in [0.15, 0.2) is 0 Å². The van der Waals surface area contributed by atoms with Gasteiger partial charge in [-0.1, -0.05) is 75.3 Å². The lowest BCUT2D eigenvalue weighted by Gasteiger charge is -2.19. The van der Waals surface area contributed by atoms with Gasteiger partial charge in [-0.2, -0.15) is 0 Å². The van der Waals surface area contributed by atoms with Gasteiger partial charge < -0.3 is 29.2 Å². The summed E-state index contributed by atoms with van der Waals surface area (Å²) in [6.45, 7) is 7.09. The molecule has 2 N–H and O–H groups in total. The van der Waals surface area contributed by atoms with Gasteiger partial charge in [0.25, 0.3) is 0 Å². The second kappa shape index (κ2) is 18.4. The highest BCUT2D eigenvalue weighted by Crippen LogP contribution is 2.30. The number of carbonyl (C=O) groups excluding carboxylic acids is 2. The van der Waals surface area contributed by atoms with E-state index in [0.29, 0.717) is 11.5 Å². The van der Waals surface area contributed by atoms with Gasteiger partial charge in [-0.25, -0.2) is 4.79 Å². The number of esters is 2. The van der Waals surface area contributed by atoms with E-state index in [9.17, 15) is 14.7 Å². The van der Waals surface area contributed by atoms with Crippen LogP contribution in [-0.4, -0.2) is 49.0 Å². The van der Waals surface area contributed by atoms with Crippen molar-refractivity contribution in [3.8, 4) is 34.5 Å². The Balaban J connectivity index is 1.70. The van der Waals surface area contributed by atoms with Crippen LogP contribution in [0.5, 0.6) is 11.5 Å². The Hall–Kier alpha value is -4.58. The maximum Gasteiger partial charge on any atom is 0.338 e. The molecule has 0 atom stereocenters. The maximum absolute atomic E-state index is 12.2. The van der Waals surface area contributed by atoms with E-state index in [2.05, 4.69) is 49.6 Å². The summed E-state index contributed by atoms with van der Waals surface area (Å²) in [4.78, 5) is 24.0. The fourth-order valence-electron chi connectivity index (χ4n) is 4.21. The molecule has 46 heavy (non-hydrogen) atoms. The highest BCUT2D eigenvalue weighted by molar-refractivity contribution is 5.87. The van der Waals surface area contributed by atoms with Crippen LogP contribution in [0, 0.1) is 17.3 Å². The van der Waals surface area contributed by atoms with Crippen molar-refractivity contribution in [2.75, 3.05) is 26.8 Å². The highest BCUT2D eigenvalue weighted by Gasteiger charge is 2.28. The average molecular weight is 629 g/mol. The third-order valence-corrected chi connectivity index (χ3v) is 7.23. The van der Waals surface area contributed by atoms with E-state index in [1.807, 2.05) is 24.3 Å². The molecule has 244 valence electrons. The number of rotatable bonds is 17. The molecule has 3 rings (SSSR count). The Bertz CT molecular complexity index is 1490. The Morgan fingerprint density at radius 1 is 0.761 bits per heavy atom. The summed E-state index contributed by atoms with van der Waals surface area (Å²) in [5, 5.41) is 18.5. The lowest BCUT2D eigenvalue weighted by atomic mass is 9.95. The predicted molar refractivity (Wildman–Crippen MR) is 177 cm³/mol. The Morgan fingerprint density at radius 3 is 1.89 bits per heavy atom. The van der Waals surface area contributed by atoms with Crippen LogP contribution < -0.4 is 9.47 Å². The molecular weight excluding hydrogens is 584 g/mol. The molecular formula is C38H44O8. The summed E-state index contributed by atoms with van der Waals surface area (Å²) in [6.07, 6.45) is 7.44. The lowest BCUT2D eigenvalue weighted by Crippen LogP contribution is -2.31. The SMILES string of the molecule is C=C(CO)C(=O)OCOc1cc(OCOC(=O)C(C)(C)CO)cc(-c2ccc(C#Cc3ccc(CCCCCCC)cc3)cc2)c1. The summed E-state index contributed by atoms with van der Waals surface area (Å²) in [6, 6.07) is 21.2. The number of aryl methyl sites for hydroxylation is 1. The minimum Gasteiger partial charge on any atom is -0.457 e. The van der Waals surface area contributed by atoms with Crippen molar-refractivity contribution in [1.82, 2.24) is 0 Å². The maximum atomic E-state index is 12.2. The third-order valence-electron chi connectivity index (χ3n) is 7.23. The fraction of sp³-hybridized carbons (Fsp3) is 0.368. The van der Waals surface area contributed by atoms with Gasteiger partial charge in [0, 0.05) is 17.2 Å². The van der Waals surface area contributed by atoms with Gasteiger partial charge >= 0.3 is 11.9 Å². The molecule has 0 saturated carbocycles. The molecule has 3 aromatic carbocycles. The van der Waals surface area contributed by atoms with Crippen LogP contribution in [0.1, 0.15) is 69.6 Å². The second-order valence-electron chi connectivity index (χ2n) is 11.6. The number of ether oxygens (including phenoxy) is 4. The normalized spacial score (nSPS) is 10.8. The van der Waals surface area contributed by atoms with Crippen LogP contribution >= 0.6 is 0 Å². The first-order valence-electron chi connectivity index (χ1n) is 15.5. The van der Waals surface area contributed by atoms with Crippen molar-refractivity contribution >= 4 is 11.9 Å². The lowest BCUT2D eigenvalue weighted by molar-refractivity contribution is -0.162. The zero-order valence-electron chi connectivity index (χ0n) is 27.0. The monoisotopic (exact) mass is 628 g/mol. The number of benzene rings is 3. The first-order chi connectivity index (χ1) is 22.1. The van der Waals surface area contributed by atoms with Gasteiger partial charge in [0.1, 0.15) is 11.5 Å². The smallest absolute Gasteiger partial charge is 0.338 e. The molecule has 0 fully saturated rings. The molecule has 0 spiro atoms. The van der Waals surface area contributed by atoms with Crippen molar-refractivity contribution in [1.29, 1.82) is 0 Å². The fourth-order valence-corrected chi connectivity index (χ4v) is 4.21. The summed E-state index contributed by atoms with van der Waals surface area (Å²) in [5.74, 6) is 5.72. The number of unbranched alkanes of at least 4 members (excludes halogenated alkanes) is 4. The van der Waals surface area contributed by atoms with E-state index >= 15 is 0 Å². The van der Waals surface area contributed by atoms with Crippen molar-refractivity contribution < 1.29 is 38.7 Å². The summed E-state index contributed by atoms with van der Waals surface area (Å²) >= 11 is 0. The summed E-state index contributed by atoms with van der Waals surface area (Å²) in [5.41, 5.74) is 3.55. The molecule has 0 saturated heterocycles. The van der Waals surface area contributed by atoms with Gasteiger partial charge in [-0.15, -0.1) is 0 Å². The molecule has 0 radical (unpaired) electrons. The van der Waals surface area contributed by atoms with Crippen molar-refractivity contribution in [2.45, 2.75) is 59.3 Å². The highest BCUT2D eigenvalue weighted by atomic mass is 16.7. The molecule has 0 amide bonds. The summed E-state index contributed by atoms with van der Waals surface area (Å²) in [7, 11) is 0. The first kappa shape index (κ1) is 35.9. The number of hydrogen-bond acceptors (Lipinski definition) is 8. The Kier molecular flexibility index (Phi) is 14.4. The average Bonchev–Trinajstić information content (AvgIpc) is 3.07. The zero-order valence-corrected chi connectivity index (χ0v) is 27.0. The molecule has 8 nitrogen and oxygen atoms in total. The van der Waals surface area contributed by atoms with E-state index in [4.69, 9.17) is 24.1 Å². The number of aliphatic hydroxyl groups excluding tert-OH is 2. The van der Waals surface area contributed by atoms with Gasteiger partial charge in [-0.3, -0.25) is 4.79 Å². The minimum absolute atomic E-state index is 0.0950. The standard InChI is InChI=1S/C38H44O8/c1-5-6-7-8-9-10-29-11-13-30(14-12-29)15-16-31-17-19-32(20-18-31)33-21-34(43-26-45-36(41)28(2)24-39)23-35(22-33)44-27-46-37(42)38(3,4)25-40/h11-14,17-23,39-40H,2,5-10,24-27H2,1,3-4H3. The number of aliphatic hydroxyl groups is 2. The van der Waals surface area contributed by atoms with E-state index in [1.54, 1.807) is 32.0 Å². The van der Waals surface area contributed by atoms with Crippen LogP contribution in [0.15, 0.2) is 78.9 Å². The Labute approximate surface area is 272 Å². The first-order valence-corrected chi connectivity index (χ1v) is 15.5. The molecule has 3 aromatic rings. The quantitative estimate of drug-likeness (QED) is 0.0566. The van der Waals surface area contributed by atoms with Crippen molar-refractivity contribution in [2.24, 2.45) is 5.41 Å². The topological polar surface area (TPSA) is 112 Å². The van der Waals surface area contributed by atoms with Gasteiger partial charge in [0.2, 0.25) is 13.6 Å². The predicted octanol–water partition coefficient (Wildman–Crippen LogP) is 6.59. The molecule has 0 aliphatic rings. The van der Waals surface area contributed by atoms with E-state index in [0.717, 1.165) is 28.7 Å². The number of carbonyl (C=O) groups is 2. The largest absolute Gasteiger partial charge is 0.457 e. The van der Waals surface area contributed by atoms with Crippen LogP contribution in [0.2, 0.25) is 0 Å². The molecule has 0 unspecified atom stereocenters. The van der Waals surface area contributed by atoms with E-state index in [1.165, 1.54) is 37.7 Å².